The first-order valence-corrected chi connectivity index (χ1v) is 9.97. The average molecular weight is 411 g/mol. The highest BCUT2D eigenvalue weighted by molar-refractivity contribution is 7.89. The number of piperidine rings is 1. The second kappa shape index (κ2) is 8.69. The molecule has 0 saturated carbocycles. The molecule has 1 fully saturated rings. The summed E-state index contributed by atoms with van der Waals surface area (Å²) in [6, 6.07) is 9.22. The van der Waals surface area contributed by atoms with Crippen LogP contribution in [0.2, 0.25) is 0 Å². The number of sulfonamides is 1. The van der Waals surface area contributed by atoms with Crippen LogP contribution in [0.4, 0.5) is 11.5 Å². The first-order chi connectivity index (χ1) is 12.4. The number of nitrogen functional groups attached to an aromatic ring is 1. The van der Waals surface area contributed by atoms with Gasteiger partial charge in [0.1, 0.15) is 5.82 Å². The topological polar surface area (TPSA) is 105 Å². The van der Waals surface area contributed by atoms with Gasteiger partial charge in [-0.2, -0.15) is 4.31 Å². The molecule has 2 aromatic rings. The molecule has 2 heterocycles. The summed E-state index contributed by atoms with van der Waals surface area (Å²) in [7, 11) is -3.54. The molecule has 1 aliphatic rings. The molecule has 1 amide bonds. The number of hydrogen-bond donors (Lipinski definition) is 2. The molecule has 3 rings (SSSR count). The van der Waals surface area contributed by atoms with Crippen molar-refractivity contribution in [1.29, 1.82) is 0 Å². The maximum Gasteiger partial charge on any atom is 0.255 e. The van der Waals surface area contributed by atoms with E-state index in [0.717, 1.165) is 19.3 Å². The molecule has 0 spiro atoms. The van der Waals surface area contributed by atoms with Crippen LogP contribution in [0.1, 0.15) is 36.5 Å². The summed E-state index contributed by atoms with van der Waals surface area (Å²) in [4.78, 5) is 16.4. The maximum absolute atomic E-state index is 12.8. The minimum Gasteiger partial charge on any atom is -0.384 e. The van der Waals surface area contributed by atoms with Gasteiger partial charge < -0.3 is 11.1 Å². The van der Waals surface area contributed by atoms with Gasteiger partial charge in [0.2, 0.25) is 10.0 Å². The van der Waals surface area contributed by atoms with Gasteiger partial charge in [-0.25, -0.2) is 13.4 Å². The Labute approximate surface area is 165 Å². The monoisotopic (exact) mass is 410 g/mol. The summed E-state index contributed by atoms with van der Waals surface area (Å²) < 4.78 is 27.2. The van der Waals surface area contributed by atoms with Gasteiger partial charge in [0.15, 0.2) is 0 Å². The molecule has 27 heavy (non-hydrogen) atoms. The van der Waals surface area contributed by atoms with E-state index in [1.165, 1.54) is 30.5 Å². The molecule has 1 aliphatic heterocycles. The number of benzene rings is 1. The van der Waals surface area contributed by atoms with Crippen molar-refractivity contribution in [2.45, 2.75) is 37.1 Å². The number of nitrogens with zero attached hydrogens (tertiary/aromatic N) is 2. The van der Waals surface area contributed by atoms with Crippen molar-refractivity contribution >= 4 is 39.8 Å². The van der Waals surface area contributed by atoms with Gasteiger partial charge in [-0.05, 0) is 56.2 Å². The fraction of sp³-hybridized carbons (Fsp3) is 0.333. The van der Waals surface area contributed by atoms with E-state index in [1.54, 1.807) is 16.4 Å². The Bertz CT molecular complexity index is 886. The summed E-state index contributed by atoms with van der Waals surface area (Å²) in [5.74, 6) is 0.0244. The Hall–Kier alpha value is -2.16. The molecule has 7 nitrogen and oxygen atoms in total. The molecule has 0 bridgehead atoms. The number of carbonyl (C=O) groups is 1. The van der Waals surface area contributed by atoms with Gasteiger partial charge in [0.05, 0.1) is 16.8 Å². The van der Waals surface area contributed by atoms with Crippen LogP contribution in [0.15, 0.2) is 47.5 Å². The van der Waals surface area contributed by atoms with Crippen LogP contribution in [0, 0.1) is 0 Å². The summed E-state index contributed by atoms with van der Waals surface area (Å²) in [5, 5.41) is 2.70. The third-order valence-electron chi connectivity index (χ3n) is 4.51. The summed E-state index contributed by atoms with van der Waals surface area (Å²) >= 11 is 0. The Morgan fingerprint density at radius 2 is 1.89 bits per heavy atom. The quantitative estimate of drug-likeness (QED) is 0.806. The van der Waals surface area contributed by atoms with Gasteiger partial charge >= 0.3 is 0 Å². The number of nitrogens with two attached hydrogens (primary N) is 1. The second-order valence-corrected chi connectivity index (χ2v) is 8.30. The predicted molar refractivity (Wildman–Crippen MR) is 107 cm³/mol. The number of rotatable bonds is 4. The number of anilines is 2. The van der Waals surface area contributed by atoms with E-state index < -0.39 is 10.0 Å². The average Bonchev–Trinajstić information content (AvgIpc) is 2.64. The van der Waals surface area contributed by atoms with Crippen LogP contribution in [0.25, 0.3) is 0 Å². The predicted octanol–water partition coefficient (Wildman–Crippen LogP) is 2.90. The van der Waals surface area contributed by atoms with Crippen LogP contribution in [-0.4, -0.2) is 36.2 Å². The smallest absolute Gasteiger partial charge is 0.255 e. The summed E-state index contributed by atoms with van der Waals surface area (Å²) in [6.07, 6.45) is 4.26. The highest BCUT2D eigenvalue weighted by Gasteiger charge is 2.30. The third-order valence-corrected chi connectivity index (χ3v) is 6.54. The van der Waals surface area contributed by atoms with Crippen molar-refractivity contribution in [1.82, 2.24) is 9.29 Å². The molecule has 1 aromatic heterocycles. The number of nitrogens with one attached hydrogen (secondary N) is 1. The fourth-order valence-electron chi connectivity index (χ4n) is 3.03. The minimum atomic E-state index is -3.54. The van der Waals surface area contributed by atoms with E-state index >= 15 is 0 Å². The van der Waals surface area contributed by atoms with Crippen LogP contribution >= 0.6 is 12.4 Å². The summed E-state index contributed by atoms with van der Waals surface area (Å²) in [5.41, 5.74) is 6.40. The Kier molecular flexibility index (Phi) is 6.80. The van der Waals surface area contributed by atoms with Gasteiger partial charge in [-0.1, -0.05) is 6.42 Å². The van der Waals surface area contributed by atoms with Crippen molar-refractivity contribution < 1.29 is 13.2 Å². The number of halogens is 1. The first kappa shape index (κ1) is 21.1. The highest BCUT2D eigenvalue weighted by atomic mass is 35.5. The van der Waals surface area contributed by atoms with Crippen LogP contribution in [-0.2, 0) is 10.0 Å². The van der Waals surface area contributed by atoms with Gasteiger partial charge in [-0.3, -0.25) is 4.79 Å². The van der Waals surface area contributed by atoms with Gasteiger partial charge in [0.25, 0.3) is 5.91 Å². The van der Waals surface area contributed by atoms with Crippen LogP contribution < -0.4 is 11.1 Å². The Morgan fingerprint density at radius 3 is 2.48 bits per heavy atom. The zero-order chi connectivity index (χ0) is 18.7. The van der Waals surface area contributed by atoms with E-state index in [0.29, 0.717) is 23.6 Å². The first-order valence-electron chi connectivity index (χ1n) is 8.53. The lowest BCUT2D eigenvalue weighted by Crippen LogP contribution is -2.41. The Balaban J connectivity index is 0.00000261. The lowest BCUT2D eigenvalue weighted by atomic mass is 10.1. The van der Waals surface area contributed by atoms with Gasteiger partial charge in [0, 0.05) is 18.2 Å². The molecule has 146 valence electrons. The van der Waals surface area contributed by atoms with E-state index in [-0.39, 0.29) is 29.3 Å². The molecule has 0 radical (unpaired) electrons. The SMILES string of the molecule is CC1CCCCN1S(=O)(=O)c1ccc(C(=O)Nc2ccc(N)nc2)cc1.Cl. The van der Waals surface area contributed by atoms with E-state index in [4.69, 9.17) is 5.73 Å². The number of aromatic nitrogens is 1. The molecular formula is C18H23ClN4O3S. The standard InChI is InChI=1S/C18H22N4O3S.ClH/c1-13-4-2-3-11-22(13)26(24,25)16-8-5-14(6-9-16)18(23)21-15-7-10-17(19)20-12-15;/h5-10,12-13H,2-4,11H2,1H3,(H2,19,20)(H,21,23);1H. The molecule has 3 N–H and O–H groups in total. The molecule has 1 atom stereocenters. The zero-order valence-electron chi connectivity index (χ0n) is 15.0. The summed E-state index contributed by atoms with van der Waals surface area (Å²) in [6.45, 7) is 2.47. The zero-order valence-corrected chi connectivity index (χ0v) is 16.6. The van der Waals surface area contributed by atoms with Crippen molar-refractivity contribution in [3.63, 3.8) is 0 Å². The number of hydrogen-bond acceptors (Lipinski definition) is 5. The number of amides is 1. The van der Waals surface area contributed by atoms with E-state index in [2.05, 4.69) is 10.3 Å². The Morgan fingerprint density at radius 1 is 1.19 bits per heavy atom. The van der Waals surface area contributed by atoms with Crippen molar-refractivity contribution in [3.8, 4) is 0 Å². The molecular weight excluding hydrogens is 388 g/mol. The molecule has 1 unspecified atom stereocenters. The third kappa shape index (κ3) is 4.77. The largest absolute Gasteiger partial charge is 0.384 e. The molecule has 9 heteroatoms. The molecule has 1 saturated heterocycles. The van der Waals surface area contributed by atoms with E-state index in [1.807, 2.05) is 6.92 Å². The molecule has 0 aliphatic carbocycles. The number of pyridine rings is 1. The lowest BCUT2D eigenvalue weighted by molar-refractivity contribution is 0.102. The fourth-order valence-corrected chi connectivity index (χ4v) is 4.72. The molecule has 1 aromatic carbocycles. The highest BCUT2D eigenvalue weighted by Crippen LogP contribution is 2.25. The van der Waals surface area contributed by atoms with Crippen molar-refractivity contribution in [3.05, 3.63) is 48.2 Å². The van der Waals surface area contributed by atoms with Crippen molar-refractivity contribution in [2.75, 3.05) is 17.6 Å². The minimum absolute atomic E-state index is 0. The van der Waals surface area contributed by atoms with Crippen molar-refractivity contribution in [2.24, 2.45) is 0 Å². The van der Waals surface area contributed by atoms with Crippen LogP contribution in [0.5, 0.6) is 0 Å². The van der Waals surface area contributed by atoms with Gasteiger partial charge in [-0.15, -0.1) is 12.4 Å². The lowest BCUT2D eigenvalue weighted by Gasteiger charge is -2.32. The second-order valence-electron chi connectivity index (χ2n) is 6.41. The van der Waals surface area contributed by atoms with Crippen LogP contribution in [0.3, 0.4) is 0 Å². The van der Waals surface area contributed by atoms with E-state index in [9.17, 15) is 13.2 Å². The maximum atomic E-state index is 12.8. The normalized spacial score (nSPS) is 17.7. The number of carbonyl (C=O) groups excluding carboxylic acids is 1.